The molecule has 4 atom stereocenters. The predicted molar refractivity (Wildman–Crippen MR) is 99.8 cm³/mol. The zero-order valence-electron chi connectivity index (χ0n) is 15.9. The minimum absolute atomic E-state index is 0.0481. The molecule has 0 amide bonds. The molecular formula is C21H30O4. The van der Waals surface area contributed by atoms with Crippen molar-refractivity contribution in [3.63, 3.8) is 0 Å². The summed E-state index contributed by atoms with van der Waals surface area (Å²) in [5.41, 5.74) is 1.17. The summed E-state index contributed by atoms with van der Waals surface area (Å²) in [6, 6.07) is 10.2. The summed E-state index contributed by atoms with van der Waals surface area (Å²) in [7, 11) is 0. The van der Waals surface area contributed by atoms with Crippen molar-refractivity contribution in [1.29, 1.82) is 0 Å². The van der Waals surface area contributed by atoms with Crippen molar-refractivity contribution in [3.8, 4) is 0 Å². The summed E-state index contributed by atoms with van der Waals surface area (Å²) in [6.07, 6.45) is 4.89. The number of carbonyl (C=O) groups is 2. The van der Waals surface area contributed by atoms with E-state index in [0.29, 0.717) is 5.92 Å². The second-order valence-corrected chi connectivity index (χ2v) is 6.81. The molecule has 0 saturated carbocycles. The fourth-order valence-electron chi connectivity index (χ4n) is 2.97. The Balaban J connectivity index is 2.66. The molecule has 0 saturated heterocycles. The lowest BCUT2D eigenvalue weighted by Gasteiger charge is -2.29. The van der Waals surface area contributed by atoms with Gasteiger partial charge in [-0.15, -0.1) is 0 Å². The molecule has 0 heterocycles. The first-order valence-corrected chi connectivity index (χ1v) is 8.83. The van der Waals surface area contributed by atoms with E-state index >= 15 is 0 Å². The number of rotatable bonds is 9. The van der Waals surface area contributed by atoms with E-state index in [9.17, 15) is 9.59 Å². The van der Waals surface area contributed by atoms with Gasteiger partial charge in [-0.25, -0.2) is 0 Å². The fourth-order valence-corrected chi connectivity index (χ4v) is 2.97. The molecule has 1 rings (SSSR count). The first kappa shape index (κ1) is 20.9. The Kier molecular flexibility index (Phi) is 8.96. The molecule has 0 N–H and O–H groups in total. The van der Waals surface area contributed by atoms with Crippen molar-refractivity contribution in [3.05, 3.63) is 42.0 Å². The lowest BCUT2D eigenvalue weighted by Crippen LogP contribution is -2.34. The van der Waals surface area contributed by atoms with Crippen LogP contribution in [0.1, 0.15) is 46.6 Å². The largest absolute Gasteiger partial charge is 0.465 e. The van der Waals surface area contributed by atoms with Crippen molar-refractivity contribution in [2.75, 3.05) is 6.61 Å². The highest BCUT2D eigenvalue weighted by molar-refractivity contribution is 5.66. The Morgan fingerprint density at radius 2 is 1.64 bits per heavy atom. The number of esters is 2. The van der Waals surface area contributed by atoms with Gasteiger partial charge in [0.25, 0.3) is 0 Å². The van der Waals surface area contributed by atoms with E-state index in [1.807, 2.05) is 25.1 Å². The van der Waals surface area contributed by atoms with Crippen molar-refractivity contribution in [1.82, 2.24) is 0 Å². The Bertz CT molecular complexity index is 565. The summed E-state index contributed by atoms with van der Waals surface area (Å²) in [5, 5.41) is 0. The van der Waals surface area contributed by atoms with Gasteiger partial charge in [-0.1, -0.05) is 63.3 Å². The first-order chi connectivity index (χ1) is 11.8. The van der Waals surface area contributed by atoms with Crippen LogP contribution < -0.4 is 0 Å². The lowest BCUT2D eigenvalue weighted by molar-refractivity contribution is -0.155. The van der Waals surface area contributed by atoms with Crippen LogP contribution in [0.15, 0.2) is 36.4 Å². The minimum Gasteiger partial charge on any atom is -0.465 e. The predicted octanol–water partition coefficient (Wildman–Crippen LogP) is 4.49. The summed E-state index contributed by atoms with van der Waals surface area (Å²) >= 11 is 0. The number of hydrogen-bond donors (Lipinski definition) is 0. The zero-order chi connectivity index (χ0) is 18.8. The molecule has 0 aliphatic carbocycles. The number of benzene rings is 1. The van der Waals surface area contributed by atoms with Gasteiger partial charge in [0.05, 0.1) is 6.61 Å². The lowest BCUT2D eigenvalue weighted by atomic mass is 9.86. The average molecular weight is 346 g/mol. The molecule has 0 aliphatic rings. The molecule has 0 radical (unpaired) electrons. The van der Waals surface area contributed by atoms with Crippen molar-refractivity contribution in [2.45, 2.75) is 47.1 Å². The maximum Gasteiger partial charge on any atom is 0.302 e. The highest BCUT2D eigenvalue weighted by Crippen LogP contribution is 2.25. The molecule has 25 heavy (non-hydrogen) atoms. The summed E-state index contributed by atoms with van der Waals surface area (Å²) in [6.45, 7) is 9.22. The van der Waals surface area contributed by atoms with Crippen molar-refractivity contribution >= 4 is 18.0 Å². The molecule has 0 aliphatic heterocycles. The van der Waals surface area contributed by atoms with Gasteiger partial charge < -0.3 is 9.47 Å². The number of allylic oxidation sites excluding steroid dienone is 1. The van der Waals surface area contributed by atoms with Gasteiger partial charge in [0, 0.05) is 19.8 Å². The summed E-state index contributed by atoms with van der Waals surface area (Å²) < 4.78 is 10.6. The van der Waals surface area contributed by atoms with Crippen LogP contribution in [-0.4, -0.2) is 24.6 Å². The van der Waals surface area contributed by atoms with Crippen LogP contribution in [0.5, 0.6) is 0 Å². The zero-order valence-corrected chi connectivity index (χ0v) is 15.9. The molecule has 0 aromatic heterocycles. The van der Waals surface area contributed by atoms with Crippen LogP contribution in [0.25, 0.3) is 6.08 Å². The second-order valence-electron chi connectivity index (χ2n) is 6.81. The van der Waals surface area contributed by atoms with Gasteiger partial charge in [0.15, 0.2) is 0 Å². The SMILES string of the molecule is CC(=O)OC[C@H](C)[C@@H](OC(C)=O)[C@@H](C)C[C@@H](C)/C=C/c1ccccc1. The summed E-state index contributed by atoms with van der Waals surface area (Å²) in [5.74, 6) is -0.175. The maximum absolute atomic E-state index is 11.5. The van der Waals surface area contributed by atoms with E-state index in [2.05, 4.69) is 38.1 Å². The topological polar surface area (TPSA) is 52.6 Å². The van der Waals surface area contributed by atoms with Crippen molar-refractivity contribution in [2.24, 2.45) is 17.8 Å². The molecule has 0 unspecified atom stereocenters. The van der Waals surface area contributed by atoms with Crippen molar-refractivity contribution < 1.29 is 19.1 Å². The molecule has 138 valence electrons. The highest BCUT2D eigenvalue weighted by atomic mass is 16.6. The van der Waals surface area contributed by atoms with Crippen LogP contribution >= 0.6 is 0 Å². The quantitative estimate of drug-likeness (QED) is 0.618. The van der Waals surface area contributed by atoms with Gasteiger partial charge in [-0.05, 0) is 23.8 Å². The van der Waals surface area contributed by atoms with E-state index in [4.69, 9.17) is 9.47 Å². The molecule has 0 bridgehead atoms. The molecule has 4 nitrogen and oxygen atoms in total. The molecule has 0 spiro atoms. The minimum atomic E-state index is -0.319. The van der Waals surface area contributed by atoms with Crippen LogP contribution in [-0.2, 0) is 19.1 Å². The second kappa shape index (κ2) is 10.7. The van der Waals surface area contributed by atoms with Gasteiger partial charge in [-0.3, -0.25) is 9.59 Å². The third-order valence-corrected chi connectivity index (χ3v) is 4.13. The van der Waals surface area contributed by atoms with Crippen LogP contribution in [0.3, 0.4) is 0 Å². The molecule has 4 heteroatoms. The monoisotopic (exact) mass is 346 g/mol. The number of hydrogen-bond acceptors (Lipinski definition) is 4. The van der Waals surface area contributed by atoms with Gasteiger partial charge in [0.1, 0.15) is 6.10 Å². The third-order valence-electron chi connectivity index (χ3n) is 4.13. The van der Waals surface area contributed by atoms with Gasteiger partial charge >= 0.3 is 11.9 Å². The Labute approximate surface area is 151 Å². The smallest absolute Gasteiger partial charge is 0.302 e. The maximum atomic E-state index is 11.5. The van der Waals surface area contributed by atoms with Crippen LogP contribution in [0, 0.1) is 17.8 Å². The summed E-state index contributed by atoms with van der Waals surface area (Å²) in [4.78, 5) is 22.5. The Morgan fingerprint density at radius 3 is 2.20 bits per heavy atom. The van der Waals surface area contributed by atoms with E-state index in [1.165, 1.54) is 19.4 Å². The average Bonchev–Trinajstić information content (AvgIpc) is 2.56. The van der Waals surface area contributed by atoms with E-state index < -0.39 is 0 Å². The Morgan fingerprint density at radius 1 is 1.00 bits per heavy atom. The third kappa shape index (κ3) is 8.52. The molecule has 1 aromatic rings. The number of carbonyl (C=O) groups excluding carboxylic acids is 2. The fraction of sp³-hybridized carbons (Fsp3) is 0.524. The van der Waals surface area contributed by atoms with E-state index in [-0.39, 0.29) is 36.5 Å². The number of ether oxygens (including phenoxy) is 2. The highest BCUT2D eigenvalue weighted by Gasteiger charge is 2.28. The van der Waals surface area contributed by atoms with Gasteiger partial charge in [0.2, 0.25) is 0 Å². The molecule has 1 aromatic carbocycles. The first-order valence-electron chi connectivity index (χ1n) is 8.83. The molecule has 0 fully saturated rings. The van der Waals surface area contributed by atoms with Gasteiger partial charge in [-0.2, -0.15) is 0 Å². The van der Waals surface area contributed by atoms with E-state index in [0.717, 1.165) is 6.42 Å². The van der Waals surface area contributed by atoms with Crippen LogP contribution in [0.2, 0.25) is 0 Å². The molecular weight excluding hydrogens is 316 g/mol. The Hall–Kier alpha value is -2.10. The normalized spacial score (nSPS) is 16.0. The standard InChI is InChI=1S/C21H30O4/c1-15(11-12-20-9-7-6-8-10-20)13-16(2)21(25-19(5)23)17(3)14-24-18(4)22/h6-12,15-17,21H,13-14H2,1-5H3/b12-11+/t15-,16-,17-,21-/m0/s1. The van der Waals surface area contributed by atoms with Crippen LogP contribution in [0.4, 0.5) is 0 Å². The van der Waals surface area contributed by atoms with E-state index in [1.54, 1.807) is 0 Å².